The summed E-state index contributed by atoms with van der Waals surface area (Å²) in [4.78, 5) is 14.4. The number of nitrogens with zero attached hydrogens (tertiary/aromatic N) is 1. The highest BCUT2D eigenvalue weighted by atomic mass is 16.5. The van der Waals surface area contributed by atoms with Gasteiger partial charge in [-0.3, -0.25) is 4.79 Å². The van der Waals surface area contributed by atoms with Crippen molar-refractivity contribution in [3.8, 4) is 11.5 Å². The Morgan fingerprint density at radius 3 is 2.78 bits per heavy atom. The molecule has 1 aromatic carbocycles. The Bertz CT molecular complexity index is 525. The molecule has 0 saturated carbocycles. The lowest BCUT2D eigenvalue weighted by atomic mass is 10.1. The average molecular weight is 320 g/mol. The first kappa shape index (κ1) is 17.6. The lowest BCUT2D eigenvalue weighted by Gasteiger charge is -2.24. The summed E-state index contributed by atoms with van der Waals surface area (Å²) in [6.45, 7) is 6.80. The zero-order valence-corrected chi connectivity index (χ0v) is 14.6. The maximum Gasteiger partial charge on any atom is 0.254 e. The SMILES string of the molecule is COc1cc(C(=O)N(C)C2CCNC2)ccc1OCCC(C)C. The Balaban J connectivity index is 2.06. The number of carbonyl (C=O) groups excluding carboxylic acids is 1. The molecule has 0 aliphatic carbocycles. The van der Waals surface area contributed by atoms with Crippen LogP contribution < -0.4 is 14.8 Å². The maximum absolute atomic E-state index is 12.6. The molecule has 1 atom stereocenters. The molecule has 5 nitrogen and oxygen atoms in total. The molecule has 0 radical (unpaired) electrons. The molecule has 0 aromatic heterocycles. The molecular formula is C18H28N2O3. The fourth-order valence-electron chi connectivity index (χ4n) is 2.66. The summed E-state index contributed by atoms with van der Waals surface area (Å²) >= 11 is 0. The molecule has 1 fully saturated rings. The van der Waals surface area contributed by atoms with Crippen LogP contribution in [0.4, 0.5) is 0 Å². The van der Waals surface area contributed by atoms with Gasteiger partial charge in [-0.1, -0.05) is 13.8 Å². The van der Waals surface area contributed by atoms with E-state index in [4.69, 9.17) is 9.47 Å². The van der Waals surface area contributed by atoms with E-state index in [0.717, 1.165) is 25.9 Å². The number of rotatable bonds is 7. The van der Waals surface area contributed by atoms with Crippen LogP contribution in [0.3, 0.4) is 0 Å². The molecule has 1 heterocycles. The van der Waals surface area contributed by atoms with Crippen molar-refractivity contribution in [2.24, 2.45) is 5.92 Å². The summed E-state index contributed by atoms with van der Waals surface area (Å²) in [5, 5.41) is 3.28. The van der Waals surface area contributed by atoms with Crippen molar-refractivity contribution < 1.29 is 14.3 Å². The molecule has 1 aliphatic heterocycles. The molecule has 1 unspecified atom stereocenters. The second-order valence-electron chi connectivity index (χ2n) is 6.46. The topological polar surface area (TPSA) is 50.8 Å². The minimum Gasteiger partial charge on any atom is -0.493 e. The third-order valence-electron chi connectivity index (χ3n) is 4.27. The summed E-state index contributed by atoms with van der Waals surface area (Å²) in [6, 6.07) is 5.67. The fourth-order valence-corrected chi connectivity index (χ4v) is 2.66. The standard InChI is InChI=1S/C18H28N2O3/c1-13(2)8-10-23-16-6-5-14(11-17(16)22-4)18(21)20(3)15-7-9-19-12-15/h5-6,11,13,15,19H,7-10,12H2,1-4H3. The van der Waals surface area contributed by atoms with Gasteiger partial charge in [0.15, 0.2) is 11.5 Å². The van der Waals surface area contributed by atoms with Crippen LogP contribution in [0.15, 0.2) is 18.2 Å². The van der Waals surface area contributed by atoms with Crippen molar-refractivity contribution in [3.63, 3.8) is 0 Å². The van der Waals surface area contributed by atoms with Gasteiger partial charge in [-0.15, -0.1) is 0 Å². The van der Waals surface area contributed by atoms with E-state index in [1.807, 2.05) is 24.1 Å². The molecular weight excluding hydrogens is 292 g/mol. The number of hydrogen-bond donors (Lipinski definition) is 1. The number of nitrogens with one attached hydrogen (secondary N) is 1. The summed E-state index contributed by atoms with van der Waals surface area (Å²) < 4.78 is 11.2. The van der Waals surface area contributed by atoms with Crippen molar-refractivity contribution in [3.05, 3.63) is 23.8 Å². The minimum atomic E-state index is 0.0192. The lowest BCUT2D eigenvalue weighted by molar-refractivity contribution is 0.0743. The summed E-state index contributed by atoms with van der Waals surface area (Å²) in [6.07, 6.45) is 1.98. The van der Waals surface area contributed by atoms with E-state index in [1.54, 1.807) is 13.2 Å². The normalized spacial score (nSPS) is 17.3. The summed E-state index contributed by atoms with van der Waals surface area (Å²) in [5.74, 6) is 1.91. The Morgan fingerprint density at radius 2 is 2.17 bits per heavy atom. The van der Waals surface area contributed by atoms with Gasteiger partial charge in [0, 0.05) is 25.2 Å². The number of amides is 1. The molecule has 0 spiro atoms. The van der Waals surface area contributed by atoms with Gasteiger partial charge < -0.3 is 19.7 Å². The highest BCUT2D eigenvalue weighted by molar-refractivity contribution is 5.95. The third-order valence-corrected chi connectivity index (χ3v) is 4.27. The van der Waals surface area contributed by atoms with Gasteiger partial charge in [0.2, 0.25) is 0 Å². The van der Waals surface area contributed by atoms with E-state index < -0.39 is 0 Å². The highest BCUT2D eigenvalue weighted by Gasteiger charge is 2.24. The van der Waals surface area contributed by atoms with Crippen LogP contribution in [0.2, 0.25) is 0 Å². The molecule has 1 saturated heterocycles. The van der Waals surface area contributed by atoms with Gasteiger partial charge in [-0.2, -0.15) is 0 Å². The van der Waals surface area contributed by atoms with Crippen LogP contribution in [0, 0.1) is 5.92 Å². The molecule has 1 amide bonds. The smallest absolute Gasteiger partial charge is 0.254 e. The number of carbonyl (C=O) groups is 1. The Kier molecular flexibility index (Phi) is 6.28. The number of likely N-dealkylation sites (N-methyl/N-ethyl adjacent to an activating group) is 1. The molecule has 2 rings (SSSR count). The monoisotopic (exact) mass is 320 g/mol. The van der Waals surface area contributed by atoms with Gasteiger partial charge in [0.05, 0.1) is 13.7 Å². The lowest BCUT2D eigenvalue weighted by Crippen LogP contribution is -2.38. The second kappa shape index (κ2) is 8.20. The number of methoxy groups -OCH3 is 1. The van der Waals surface area contributed by atoms with E-state index in [1.165, 1.54) is 0 Å². The molecule has 1 N–H and O–H groups in total. The Labute approximate surface area is 139 Å². The molecule has 23 heavy (non-hydrogen) atoms. The molecule has 1 aliphatic rings. The zero-order valence-electron chi connectivity index (χ0n) is 14.6. The van der Waals surface area contributed by atoms with Gasteiger partial charge in [0.25, 0.3) is 5.91 Å². The number of ether oxygens (including phenoxy) is 2. The van der Waals surface area contributed by atoms with E-state index in [9.17, 15) is 4.79 Å². The highest BCUT2D eigenvalue weighted by Crippen LogP contribution is 2.29. The molecule has 128 valence electrons. The number of benzene rings is 1. The van der Waals surface area contributed by atoms with E-state index in [2.05, 4.69) is 19.2 Å². The van der Waals surface area contributed by atoms with Crippen molar-refractivity contribution >= 4 is 5.91 Å². The van der Waals surface area contributed by atoms with Crippen molar-refractivity contribution in [1.29, 1.82) is 0 Å². The third kappa shape index (κ3) is 4.61. The zero-order chi connectivity index (χ0) is 16.8. The van der Waals surface area contributed by atoms with Crippen molar-refractivity contribution in [2.45, 2.75) is 32.7 Å². The van der Waals surface area contributed by atoms with E-state index in [0.29, 0.717) is 29.6 Å². The van der Waals surface area contributed by atoms with Gasteiger partial charge in [0.1, 0.15) is 0 Å². The quantitative estimate of drug-likeness (QED) is 0.839. The van der Waals surface area contributed by atoms with E-state index in [-0.39, 0.29) is 11.9 Å². The van der Waals surface area contributed by atoms with Crippen LogP contribution >= 0.6 is 0 Å². The number of hydrogen-bond acceptors (Lipinski definition) is 4. The first-order chi connectivity index (χ1) is 11.0. The van der Waals surface area contributed by atoms with Crippen LogP contribution in [0.1, 0.15) is 37.0 Å². The first-order valence-electron chi connectivity index (χ1n) is 8.31. The second-order valence-corrected chi connectivity index (χ2v) is 6.46. The Hall–Kier alpha value is -1.75. The first-order valence-corrected chi connectivity index (χ1v) is 8.31. The fraction of sp³-hybridized carbons (Fsp3) is 0.611. The summed E-state index contributed by atoms with van der Waals surface area (Å²) in [7, 11) is 3.46. The molecule has 5 heteroatoms. The predicted molar refractivity (Wildman–Crippen MR) is 91.3 cm³/mol. The molecule has 1 aromatic rings. The largest absolute Gasteiger partial charge is 0.493 e. The molecule has 0 bridgehead atoms. The van der Waals surface area contributed by atoms with Crippen LogP contribution in [0.5, 0.6) is 11.5 Å². The van der Waals surface area contributed by atoms with Gasteiger partial charge in [-0.25, -0.2) is 0 Å². The average Bonchev–Trinajstić information content (AvgIpc) is 3.07. The van der Waals surface area contributed by atoms with Crippen molar-refractivity contribution in [1.82, 2.24) is 10.2 Å². The van der Waals surface area contributed by atoms with Crippen LogP contribution in [0.25, 0.3) is 0 Å². The predicted octanol–water partition coefficient (Wildman–Crippen LogP) is 2.55. The van der Waals surface area contributed by atoms with Gasteiger partial charge in [-0.05, 0) is 43.5 Å². The maximum atomic E-state index is 12.6. The van der Waals surface area contributed by atoms with E-state index >= 15 is 0 Å². The summed E-state index contributed by atoms with van der Waals surface area (Å²) in [5.41, 5.74) is 0.632. The van der Waals surface area contributed by atoms with Gasteiger partial charge >= 0.3 is 0 Å². The van der Waals surface area contributed by atoms with Crippen LogP contribution in [-0.2, 0) is 0 Å². The minimum absolute atomic E-state index is 0.0192. The van der Waals surface area contributed by atoms with Crippen LogP contribution in [-0.4, -0.2) is 50.7 Å². The Morgan fingerprint density at radius 1 is 1.39 bits per heavy atom. The van der Waals surface area contributed by atoms with Crippen molar-refractivity contribution in [2.75, 3.05) is 33.9 Å².